The van der Waals surface area contributed by atoms with Gasteiger partial charge in [0.2, 0.25) is 0 Å². The van der Waals surface area contributed by atoms with E-state index in [1.807, 2.05) is 0 Å². The molecule has 3 aromatic carbocycles. The normalized spacial score (nSPS) is 10.1. The van der Waals surface area contributed by atoms with Gasteiger partial charge in [-0.3, -0.25) is 0 Å². The van der Waals surface area contributed by atoms with Crippen LogP contribution in [0.5, 0.6) is 0 Å². The molecular weight excluding hydrogens is 282 g/mol. The first-order valence-corrected chi connectivity index (χ1v) is 8.38. The van der Waals surface area contributed by atoms with Gasteiger partial charge in [-0.25, -0.2) is 0 Å². The second-order valence-electron chi connectivity index (χ2n) is 4.74. The van der Waals surface area contributed by atoms with Crippen molar-refractivity contribution in [2.75, 3.05) is 0 Å². The van der Waals surface area contributed by atoms with Gasteiger partial charge in [0.1, 0.15) is 0 Å². The Hall–Kier alpha value is -0.910. The minimum Gasteiger partial charge on any atom is -0.0622 e. The van der Waals surface area contributed by atoms with Crippen molar-refractivity contribution in [3.8, 4) is 0 Å². The van der Waals surface area contributed by atoms with Crippen molar-refractivity contribution in [1.29, 1.82) is 0 Å². The van der Waals surface area contributed by atoms with Gasteiger partial charge in [0, 0.05) is 6.16 Å². The summed E-state index contributed by atoms with van der Waals surface area (Å²) in [5.41, 5.74) is 1.41. The van der Waals surface area contributed by atoms with Crippen LogP contribution in [-0.4, -0.2) is 29.6 Å². The Bertz CT molecular complexity index is 599. The molecule has 0 aliphatic rings. The van der Waals surface area contributed by atoms with E-state index < -0.39 is 0 Å². The Labute approximate surface area is 150 Å². The van der Waals surface area contributed by atoms with E-state index in [0.717, 1.165) is 6.16 Å². The summed E-state index contributed by atoms with van der Waals surface area (Å²) >= 11 is 0. The van der Waals surface area contributed by atoms with Gasteiger partial charge in [-0.05, 0) is 24.1 Å². The Morgan fingerprint density at radius 1 is 0.524 bits per heavy atom. The number of rotatable bonds is 4. The average Bonchev–Trinajstić information content (AvgIpc) is 2.55. The van der Waals surface area contributed by atoms with E-state index in [0.29, 0.717) is 0 Å². The Morgan fingerprint density at radius 2 is 0.905 bits per heavy atom. The predicted octanol–water partition coefficient (Wildman–Crippen LogP) is 3.67. The van der Waals surface area contributed by atoms with Gasteiger partial charge in [-0.1, -0.05) is 91.0 Å². The summed E-state index contributed by atoms with van der Waals surface area (Å²) in [6.07, 6.45) is 1.10. The van der Waals surface area contributed by atoms with Crippen LogP contribution < -0.4 is 10.6 Å². The molecule has 2 heteroatoms. The largest absolute Gasteiger partial charge is 0.0622 e. The summed E-state index contributed by atoms with van der Waals surface area (Å²) in [6.45, 7) is 0. The van der Waals surface area contributed by atoms with E-state index in [2.05, 4.69) is 91.0 Å². The van der Waals surface area contributed by atoms with Crippen LogP contribution in [0.3, 0.4) is 0 Å². The molecule has 0 spiro atoms. The first kappa shape index (κ1) is 16.5. The molecule has 0 saturated carbocycles. The summed E-state index contributed by atoms with van der Waals surface area (Å²) in [5, 5.41) is 2.88. The molecule has 0 fully saturated rings. The molecule has 0 unspecified atom stereocenters. The van der Waals surface area contributed by atoms with Crippen molar-refractivity contribution >= 4 is 48.1 Å². The van der Waals surface area contributed by atoms with E-state index in [4.69, 9.17) is 0 Å². The van der Waals surface area contributed by atoms with E-state index >= 15 is 0 Å². The van der Waals surface area contributed by atoms with Gasteiger partial charge in [-0.15, -0.1) is 0 Å². The summed E-state index contributed by atoms with van der Waals surface area (Å²) in [7, 11) is -0.327. The summed E-state index contributed by atoms with van der Waals surface area (Å²) < 4.78 is 0. The van der Waals surface area contributed by atoms with Gasteiger partial charge in [-0.2, -0.15) is 0 Å². The van der Waals surface area contributed by atoms with E-state index in [1.165, 1.54) is 16.2 Å². The van der Waals surface area contributed by atoms with Crippen LogP contribution in [0.15, 0.2) is 91.0 Å². The number of hydrogen-bond donors (Lipinski definition) is 0. The maximum atomic E-state index is 2.25. The topological polar surface area (TPSA) is 0 Å². The Morgan fingerprint density at radius 3 is 1.33 bits per heavy atom. The molecule has 0 aliphatic heterocycles. The third-order valence-corrected chi connectivity index (χ3v) is 5.84. The minimum absolute atomic E-state index is 0. The van der Waals surface area contributed by atoms with E-state index in [1.54, 1.807) is 0 Å². The van der Waals surface area contributed by atoms with Crippen molar-refractivity contribution in [2.45, 2.75) is 6.16 Å². The van der Waals surface area contributed by atoms with Crippen molar-refractivity contribution in [3.63, 3.8) is 0 Å². The molecule has 0 nitrogen and oxygen atoms in total. The maximum Gasteiger partial charge on any atom is 0.000743 e. The van der Waals surface area contributed by atoms with Crippen molar-refractivity contribution < 1.29 is 0 Å². The van der Waals surface area contributed by atoms with E-state index in [9.17, 15) is 0 Å². The van der Waals surface area contributed by atoms with Crippen molar-refractivity contribution in [2.24, 2.45) is 0 Å². The summed E-state index contributed by atoms with van der Waals surface area (Å²) in [4.78, 5) is 0. The monoisotopic (exact) mass is 300 g/mol. The van der Waals surface area contributed by atoms with Crippen LogP contribution in [0.25, 0.3) is 0 Å². The van der Waals surface area contributed by atoms with Gasteiger partial charge < -0.3 is 0 Å². The van der Waals surface area contributed by atoms with E-state index in [-0.39, 0.29) is 37.5 Å². The zero-order chi connectivity index (χ0) is 13.6. The molecule has 0 heterocycles. The molecule has 0 N–H and O–H groups in total. The van der Waals surface area contributed by atoms with Crippen LogP contribution in [0.2, 0.25) is 0 Å². The molecule has 3 aromatic rings. The number of benzene rings is 3. The second-order valence-corrected chi connectivity index (χ2v) is 6.95. The molecule has 3 rings (SSSR count). The van der Waals surface area contributed by atoms with Gasteiger partial charge in [0.15, 0.2) is 0 Å². The fraction of sp³-hybridized carbons (Fsp3) is 0.0526. The first-order valence-electron chi connectivity index (χ1n) is 6.85. The fourth-order valence-corrected chi connectivity index (χ4v) is 4.62. The zero-order valence-corrected chi connectivity index (χ0v) is 12.2. The van der Waals surface area contributed by atoms with Gasteiger partial charge >= 0.3 is 29.6 Å². The Kier molecular flexibility index (Phi) is 6.67. The molecule has 100 valence electrons. The molecule has 0 amide bonds. The average molecular weight is 300 g/mol. The van der Waals surface area contributed by atoms with Crippen molar-refractivity contribution in [1.82, 2.24) is 0 Å². The van der Waals surface area contributed by atoms with Crippen LogP contribution in [0.1, 0.15) is 5.56 Å². The molecule has 0 atom stereocenters. The molecule has 0 saturated heterocycles. The minimum atomic E-state index is -0.327. The molecule has 0 radical (unpaired) electrons. The predicted molar refractivity (Wildman–Crippen MR) is 96.4 cm³/mol. The quantitative estimate of drug-likeness (QED) is 0.509. The summed E-state index contributed by atoms with van der Waals surface area (Å²) in [6, 6.07) is 32.5. The second kappa shape index (κ2) is 8.51. The zero-order valence-electron chi connectivity index (χ0n) is 11.3. The third kappa shape index (κ3) is 4.53. The molecule has 0 bridgehead atoms. The van der Waals surface area contributed by atoms with Gasteiger partial charge in [0.05, 0.1) is 0 Å². The number of hydrogen-bond acceptors (Lipinski definition) is 0. The smallest absolute Gasteiger partial charge is 0.000743 e. The fourth-order valence-electron chi connectivity index (χ4n) is 2.31. The van der Waals surface area contributed by atoms with Crippen LogP contribution in [0, 0.1) is 0 Å². The first-order chi connectivity index (χ1) is 9.93. The molecule has 0 aromatic heterocycles. The van der Waals surface area contributed by atoms with Crippen LogP contribution >= 0.6 is 7.92 Å². The van der Waals surface area contributed by atoms with Gasteiger partial charge in [0.25, 0.3) is 0 Å². The molecule has 0 aliphatic carbocycles. The molecular formula is C19H18NaP. The maximum absolute atomic E-state index is 2.25. The van der Waals surface area contributed by atoms with Crippen LogP contribution in [0.4, 0.5) is 0 Å². The Balaban J connectivity index is 0.00000161. The molecule has 21 heavy (non-hydrogen) atoms. The summed E-state index contributed by atoms with van der Waals surface area (Å²) in [5.74, 6) is 0. The third-order valence-electron chi connectivity index (χ3n) is 3.32. The van der Waals surface area contributed by atoms with Crippen molar-refractivity contribution in [3.05, 3.63) is 96.6 Å². The van der Waals surface area contributed by atoms with Crippen LogP contribution in [-0.2, 0) is 6.16 Å². The standard InChI is InChI=1S/C19H17P.Na.H/c1-4-10-17(11-5-1)16-20(18-12-6-2-7-13-18)19-14-8-3-9-15-19;;/h1-15H,16H2;;. The SMILES string of the molecule is [NaH].c1ccc(CP(c2ccccc2)c2ccccc2)cc1.